The van der Waals surface area contributed by atoms with E-state index < -0.39 is 12.0 Å². The molecule has 2 aromatic heterocycles. The summed E-state index contributed by atoms with van der Waals surface area (Å²) in [6, 6.07) is -0.608. The third-order valence-corrected chi connectivity index (χ3v) is 5.04. The summed E-state index contributed by atoms with van der Waals surface area (Å²) < 4.78 is 1.75. The first kappa shape index (κ1) is 14.3. The number of hydrogen-bond acceptors (Lipinski definition) is 4. The molecule has 0 aromatic carbocycles. The van der Waals surface area contributed by atoms with Crippen LogP contribution in [0.4, 0.5) is 0 Å². The van der Waals surface area contributed by atoms with E-state index in [1.54, 1.807) is 28.3 Å². The van der Waals surface area contributed by atoms with Gasteiger partial charge in [0.2, 0.25) is 0 Å². The van der Waals surface area contributed by atoms with Crippen LogP contribution < -0.4 is 0 Å². The van der Waals surface area contributed by atoms with Gasteiger partial charge in [-0.1, -0.05) is 13.8 Å². The molecule has 0 radical (unpaired) electrons. The van der Waals surface area contributed by atoms with Crippen molar-refractivity contribution in [1.29, 1.82) is 0 Å². The summed E-state index contributed by atoms with van der Waals surface area (Å²) in [5.74, 6) is -0.161. The highest BCUT2D eigenvalue weighted by molar-refractivity contribution is 7.15. The highest BCUT2D eigenvalue weighted by atomic mass is 32.1. The Morgan fingerprint density at radius 1 is 1.38 bits per heavy atom. The number of carboxylic acids is 1. The number of thiazole rings is 1. The van der Waals surface area contributed by atoms with Gasteiger partial charge in [-0.15, -0.1) is 11.3 Å². The molecule has 0 fully saturated rings. The first-order valence-electron chi connectivity index (χ1n) is 7.32. The van der Waals surface area contributed by atoms with E-state index in [4.69, 9.17) is 4.98 Å². The van der Waals surface area contributed by atoms with Crippen LogP contribution in [0, 0.1) is 5.92 Å². The van der Waals surface area contributed by atoms with Crippen LogP contribution in [0.5, 0.6) is 0 Å². The molecular weight excluding hydrogens is 286 g/mol. The Morgan fingerprint density at radius 2 is 2.14 bits per heavy atom. The topological polar surface area (TPSA) is 68.0 Å². The van der Waals surface area contributed by atoms with E-state index in [2.05, 4.69) is 4.98 Å². The van der Waals surface area contributed by atoms with Crippen molar-refractivity contribution >= 4 is 17.3 Å². The minimum absolute atomic E-state index is 0.00923. The predicted octanol–water partition coefficient (Wildman–Crippen LogP) is 3.17. The van der Waals surface area contributed by atoms with E-state index in [1.807, 2.05) is 13.8 Å². The normalized spacial score (nSPS) is 16.0. The van der Waals surface area contributed by atoms with Gasteiger partial charge < -0.3 is 9.67 Å². The Hall–Kier alpha value is -1.69. The van der Waals surface area contributed by atoms with Gasteiger partial charge in [0.1, 0.15) is 6.04 Å². The fourth-order valence-electron chi connectivity index (χ4n) is 2.88. The van der Waals surface area contributed by atoms with Gasteiger partial charge in [0.05, 0.1) is 5.69 Å². The van der Waals surface area contributed by atoms with Crippen LogP contribution in [0.1, 0.15) is 43.3 Å². The van der Waals surface area contributed by atoms with Gasteiger partial charge in [-0.2, -0.15) is 0 Å². The zero-order valence-electron chi connectivity index (χ0n) is 12.2. The van der Waals surface area contributed by atoms with Crippen LogP contribution in [0.3, 0.4) is 0 Å². The summed E-state index contributed by atoms with van der Waals surface area (Å²) in [7, 11) is 0. The molecule has 0 unspecified atom stereocenters. The van der Waals surface area contributed by atoms with Gasteiger partial charge >= 0.3 is 5.97 Å². The lowest BCUT2D eigenvalue weighted by Gasteiger charge is -2.19. The Labute approximate surface area is 127 Å². The number of fused-ring (bicyclic) bond motifs is 1. The molecule has 1 N–H and O–H groups in total. The highest BCUT2D eigenvalue weighted by Crippen LogP contribution is 2.33. The zero-order valence-corrected chi connectivity index (χ0v) is 13.1. The van der Waals surface area contributed by atoms with Crippen LogP contribution in [-0.2, 0) is 17.6 Å². The van der Waals surface area contributed by atoms with Crippen molar-refractivity contribution in [2.75, 3.05) is 0 Å². The Kier molecular flexibility index (Phi) is 3.80. The minimum atomic E-state index is -0.828. The average Bonchev–Trinajstić information content (AvgIpc) is 3.03. The van der Waals surface area contributed by atoms with Gasteiger partial charge in [0, 0.05) is 17.3 Å². The Balaban J connectivity index is 2.02. The molecule has 0 amide bonds. The zero-order chi connectivity index (χ0) is 15.0. The molecule has 1 aliphatic rings. The van der Waals surface area contributed by atoms with Gasteiger partial charge in [0.25, 0.3) is 0 Å². The molecule has 0 saturated carbocycles. The summed E-state index contributed by atoms with van der Waals surface area (Å²) in [5.41, 5.74) is 1.17. The first-order chi connectivity index (χ1) is 10.1. The number of nitrogens with zero attached hydrogens (tertiary/aromatic N) is 3. The summed E-state index contributed by atoms with van der Waals surface area (Å²) >= 11 is 1.66. The predicted molar refractivity (Wildman–Crippen MR) is 81.5 cm³/mol. The van der Waals surface area contributed by atoms with E-state index >= 15 is 0 Å². The Bertz CT molecular complexity index is 636. The summed E-state index contributed by atoms with van der Waals surface area (Å²) in [6.45, 7) is 3.82. The molecule has 2 heterocycles. The maximum absolute atomic E-state index is 11.6. The standard InChI is InChI=1S/C15H19N3O2S/c1-9(2)12(15(19)20)18-8-7-16-13(18)14-17-10-5-3-4-6-11(10)21-14/h7-9,12H,3-6H2,1-2H3,(H,19,20)/t12-/m1/s1. The van der Waals surface area contributed by atoms with Crippen molar-refractivity contribution in [1.82, 2.24) is 14.5 Å². The van der Waals surface area contributed by atoms with Crippen molar-refractivity contribution < 1.29 is 9.90 Å². The molecular formula is C15H19N3O2S. The SMILES string of the molecule is CC(C)[C@H](C(=O)O)n1ccnc1-c1nc2c(s1)CCCC2. The van der Waals surface area contributed by atoms with Gasteiger partial charge in [-0.05, 0) is 31.6 Å². The largest absolute Gasteiger partial charge is 0.480 e. The van der Waals surface area contributed by atoms with Crippen LogP contribution in [0.25, 0.3) is 10.8 Å². The number of aryl methyl sites for hydroxylation is 2. The lowest BCUT2D eigenvalue weighted by Crippen LogP contribution is -2.24. The number of hydrogen-bond donors (Lipinski definition) is 1. The highest BCUT2D eigenvalue weighted by Gasteiger charge is 2.27. The number of carbonyl (C=O) groups is 1. The first-order valence-corrected chi connectivity index (χ1v) is 8.14. The second-order valence-corrected chi connectivity index (χ2v) is 6.86. The lowest BCUT2D eigenvalue weighted by molar-refractivity contribution is -0.142. The molecule has 2 aromatic rings. The molecule has 1 aliphatic carbocycles. The molecule has 5 nitrogen and oxygen atoms in total. The number of aliphatic carboxylic acids is 1. The maximum atomic E-state index is 11.6. The lowest BCUT2D eigenvalue weighted by atomic mass is 10.0. The molecule has 112 valence electrons. The maximum Gasteiger partial charge on any atom is 0.327 e. The fraction of sp³-hybridized carbons (Fsp3) is 0.533. The van der Waals surface area contributed by atoms with Crippen molar-refractivity contribution in [3.8, 4) is 10.8 Å². The summed E-state index contributed by atoms with van der Waals surface area (Å²) in [6.07, 6.45) is 7.92. The Morgan fingerprint density at radius 3 is 2.81 bits per heavy atom. The van der Waals surface area contributed by atoms with E-state index in [0.29, 0.717) is 5.82 Å². The summed E-state index contributed by atoms with van der Waals surface area (Å²) in [5, 5.41) is 10.3. The third-order valence-electron chi connectivity index (χ3n) is 3.89. The van der Waals surface area contributed by atoms with E-state index in [-0.39, 0.29) is 5.92 Å². The fourth-order valence-corrected chi connectivity index (χ4v) is 4.03. The van der Waals surface area contributed by atoms with Gasteiger partial charge in [0.15, 0.2) is 10.8 Å². The minimum Gasteiger partial charge on any atom is -0.480 e. The average molecular weight is 305 g/mol. The number of imidazole rings is 1. The van der Waals surface area contributed by atoms with Crippen LogP contribution >= 0.6 is 11.3 Å². The molecule has 0 spiro atoms. The van der Waals surface area contributed by atoms with Crippen LogP contribution in [-0.4, -0.2) is 25.6 Å². The molecule has 3 rings (SSSR count). The van der Waals surface area contributed by atoms with E-state index in [1.165, 1.54) is 23.4 Å². The monoisotopic (exact) mass is 305 g/mol. The molecule has 0 bridgehead atoms. The molecule has 1 atom stereocenters. The van der Waals surface area contributed by atoms with Crippen LogP contribution in [0.2, 0.25) is 0 Å². The molecule has 0 aliphatic heterocycles. The molecule has 6 heteroatoms. The van der Waals surface area contributed by atoms with Crippen molar-refractivity contribution in [3.05, 3.63) is 23.0 Å². The van der Waals surface area contributed by atoms with Crippen molar-refractivity contribution in [2.45, 2.75) is 45.6 Å². The van der Waals surface area contributed by atoms with E-state index in [0.717, 1.165) is 17.8 Å². The van der Waals surface area contributed by atoms with Crippen LogP contribution in [0.15, 0.2) is 12.4 Å². The summed E-state index contributed by atoms with van der Waals surface area (Å²) in [4.78, 5) is 21.9. The molecule has 21 heavy (non-hydrogen) atoms. The number of carboxylic acid groups (broad SMARTS) is 1. The second-order valence-electron chi connectivity index (χ2n) is 5.78. The quantitative estimate of drug-likeness (QED) is 0.942. The van der Waals surface area contributed by atoms with Crippen molar-refractivity contribution in [3.63, 3.8) is 0 Å². The van der Waals surface area contributed by atoms with Crippen molar-refractivity contribution in [2.24, 2.45) is 5.92 Å². The van der Waals surface area contributed by atoms with Gasteiger partial charge in [-0.25, -0.2) is 14.8 Å². The third kappa shape index (κ3) is 2.60. The second kappa shape index (κ2) is 5.60. The number of aromatic nitrogens is 3. The number of rotatable bonds is 4. The van der Waals surface area contributed by atoms with Gasteiger partial charge in [-0.3, -0.25) is 0 Å². The molecule has 0 saturated heterocycles. The van der Waals surface area contributed by atoms with E-state index in [9.17, 15) is 9.90 Å². The smallest absolute Gasteiger partial charge is 0.327 e.